The van der Waals surface area contributed by atoms with Gasteiger partial charge in [0.1, 0.15) is 17.1 Å². The Morgan fingerprint density at radius 1 is 1.03 bits per heavy atom. The van der Waals surface area contributed by atoms with Crippen LogP contribution >= 0.6 is 0 Å². The highest BCUT2D eigenvalue weighted by Crippen LogP contribution is 2.35. The number of rotatable bonds is 6. The summed E-state index contributed by atoms with van der Waals surface area (Å²) in [6.45, 7) is 2.69. The number of benzene rings is 2. The lowest BCUT2D eigenvalue weighted by atomic mass is 10.00. The van der Waals surface area contributed by atoms with Gasteiger partial charge >= 0.3 is 12.4 Å². The SMILES string of the molecule is CCn1cc(-c2ccnc3[nH]ccc23)c(-c2cccc(NC(=O)Nc3ccc(OC(F)(F)F)cc3)c2)n1. The second-order valence-electron chi connectivity index (χ2n) is 8.08. The molecule has 0 aliphatic heterocycles. The van der Waals surface area contributed by atoms with E-state index in [9.17, 15) is 18.0 Å². The number of H-pyrrole nitrogens is 1. The summed E-state index contributed by atoms with van der Waals surface area (Å²) in [5.74, 6) is -0.375. The highest BCUT2D eigenvalue weighted by atomic mass is 19.4. The summed E-state index contributed by atoms with van der Waals surface area (Å²) in [4.78, 5) is 20.0. The minimum absolute atomic E-state index is 0.306. The Kier molecular flexibility index (Phi) is 6.26. The number of carbonyl (C=O) groups is 1. The summed E-state index contributed by atoms with van der Waals surface area (Å²) in [7, 11) is 0. The number of aryl methyl sites for hydroxylation is 1. The Morgan fingerprint density at radius 2 is 1.81 bits per heavy atom. The molecule has 0 saturated heterocycles. The van der Waals surface area contributed by atoms with Crippen molar-refractivity contribution in [1.82, 2.24) is 19.7 Å². The van der Waals surface area contributed by atoms with Gasteiger partial charge in [0.2, 0.25) is 0 Å². The molecule has 2 amide bonds. The Balaban J connectivity index is 1.37. The third-order valence-electron chi connectivity index (χ3n) is 5.58. The molecule has 188 valence electrons. The normalized spacial score (nSPS) is 11.5. The molecular weight excluding hydrogens is 485 g/mol. The zero-order valence-corrected chi connectivity index (χ0v) is 19.5. The van der Waals surface area contributed by atoms with Crippen LogP contribution < -0.4 is 15.4 Å². The van der Waals surface area contributed by atoms with Gasteiger partial charge < -0.3 is 20.4 Å². The van der Waals surface area contributed by atoms with Gasteiger partial charge in [-0.1, -0.05) is 12.1 Å². The first-order valence-corrected chi connectivity index (χ1v) is 11.3. The molecule has 0 fully saturated rings. The predicted molar refractivity (Wildman–Crippen MR) is 134 cm³/mol. The number of hydrogen-bond donors (Lipinski definition) is 3. The number of nitrogens with one attached hydrogen (secondary N) is 3. The molecule has 5 rings (SSSR count). The number of fused-ring (bicyclic) bond motifs is 1. The van der Waals surface area contributed by atoms with Crippen molar-refractivity contribution in [3.8, 4) is 28.1 Å². The molecule has 37 heavy (non-hydrogen) atoms. The van der Waals surface area contributed by atoms with Gasteiger partial charge in [-0.25, -0.2) is 9.78 Å². The van der Waals surface area contributed by atoms with Crippen LogP contribution in [0.25, 0.3) is 33.4 Å². The van der Waals surface area contributed by atoms with Crippen molar-refractivity contribution in [3.05, 3.63) is 79.3 Å². The molecule has 0 aliphatic carbocycles. The van der Waals surface area contributed by atoms with E-state index < -0.39 is 12.4 Å². The van der Waals surface area contributed by atoms with Crippen LogP contribution in [0.5, 0.6) is 5.75 Å². The molecule has 0 aliphatic rings. The smallest absolute Gasteiger partial charge is 0.406 e. The van der Waals surface area contributed by atoms with Crippen molar-refractivity contribution in [2.45, 2.75) is 19.8 Å². The maximum atomic E-state index is 12.5. The quantitative estimate of drug-likeness (QED) is 0.240. The van der Waals surface area contributed by atoms with Crippen LogP contribution in [0.3, 0.4) is 0 Å². The molecule has 0 spiro atoms. The van der Waals surface area contributed by atoms with Gasteiger partial charge in [0.15, 0.2) is 0 Å². The number of aromatic nitrogens is 4. The Morgan fingerprint density at radius 3 is 2.57 bits per heavy atom. The molecule has 0 bridgehead atoms. The van der Waals surface area contributed by atoms with E-state index >= 15 is 0 Å². The van der Waals surface area contributed by atoms with E-state index in [-0.39, 0.29) is 5.75 Å². The second kappa shape index (κ2) is 9.69. The number of aromatic amines is 1. The lowest BCUT2D eigenvalue weighted by molar-refractivity contribution is -0.274. The zero-order valence-electron chi connectivity index (χ0n) is 19.5. The average molecular weight is 506 g/mol. The minimum atomic E-state index is -4.78. The van der Waals surface area contributed by atoms with Crippen LogP contribution in [0.1, 0.15) is 6.92 Å². The van der Waals surface area contributed by atoms with E-state index in [1.54, 1.807) is 24.4 Å². The number of alkyl halides is 3. The number of amides is 2. The molecule has 0 unspecified atom stereocenters. The van der Waals surface area contributed by atoms with Gasteiger partial charge in [-0.2, -0.15) is 5.10 Å². The number of carbonyl (C=O) groups excluding carboxylic acids is 1. The third kappa shape index (κ3) is 5.40. The molecule has 0 atom stereocenters. The van der Waals surface area contributed by atoms with E-state index in [4.69, 9.17) is 5.10 Å². The fourth-order valence-electron chi connectivity index (χ4n) is 3.97. The maximum absolute atomic E-state index is 12.5. The first kappa shape index (κ1) is 23.9. The van der Waals surface area contributed by atoms with Gasteiger partial charge in [0.05, 0.1) is 0 Å². The number of halogens is 3. The first-order chi connectivity index (χ1) is 17.8. The Hall–Kier alpha value is -4.80. The average Bonchev–Trinajstić information content (AvgIpc) is 3.52. The summed E-state index contributed by atoms with van der Waals surface area (Å²) >= 11 is 0. The molecule has 8 nitrogen and oxygen atoms in total. The van der Waals surface area contributed by atoms with E-state index in [1.165, 1.54) is 12.1 Å². The molecule has 11 heteroatoms. The number of ether oxygens (including phenoxy) is 1. The Bertz CT molecular complexity index is 1560. The van der Waals surface area contributed by atoms with Crippen LogP contribution in [0.15, 0.2) is 79.3 Å². The van der Waals surface area contributed by atoms with Crippen LogP contribution in [0, 0.1) is 0 Å². The van der Waals surface area contributed by atoms with Crippen molar-refractivity contribution in [1.29, 1.82) is 0 Å². The molecule has 0 saturated carbocycles. The van der Waals surface area contributed by atoms with E-state index in [1.807, 2.05) is 42.2 Å². The molecule has 3 aromatic heterocycles. The summed E-state index contributed by atoms with van der Waals surface area (Å²) in [6, 6.07) is 15.5. The standard InChI is InChI=1S/C26H21F3N6O2/c1-2-35-15-22(20-10-12-30-24-21(20)11-13-31-24)23(34-35)16-4-3-5-18(14-16)33-25(36)32-17-6-8-19(9-7-17)37-26(27,28)29/h3-15H,2H2,1H3,(H,30,31)(H2,32,33,36). The fraction of sp³-hybridized carbons (Fsp3) is 0.115. The number of anilines is 2. The first-order valence-electron chi connectivity index (χ1n) is 11.3. The maximum Gasteiger partial charge on any atom is 0.573 e. The van der Waals surface area contributed by atoms with Crippen molar-refractivity contribution < 1.29 is 22.7 Å². The summed E-state index contributed by atoms with van der Waals surface area (Å²) in [5, 5.41) is 11.1. The number of hydrogen-bond acceptors (Lipinski definition) is 4. The van der Waals surface area contributed by atoms with Crippen molar-refractivity contribution >= 4 is 28.4 Å². The van der Waals surface area contributed by atoms with Gasteiger partial charge in [-0.15, -0.1) is 13.2 Å². The summed E-state index contributed by atoms with van der Waals surface area (Å²) in [6.07, 6.45) is 0.780. The fourth-order valence-corrected chi connectivity index (χ4v) is 3.97. The van der Waals surface area contributed by atoms with Crippen LogP contribution in [-0.2, 0) is 6.54 Å². The lowest BCUT2D eigenvalue weighted by Gasteiger charge is -2.11. The summed E-state index contributed by atoms with van der Waals surface area (Å²) < 4.78 is 42.7. The molecule has 5 aromatic rings. The molecule has 2 aromatic carbocycles. The number of nitrogens with zero attached hydrogens (tertiary/aromatic N) is 3. The number of pyridine rings is 1. The molecule has 3 N–H and O–H groups in total. The van der Waals surface area contributed by atoms with Gasteiger partial charge in [-0.3, -0.25) is 4.68 Å². The van der Waals surface area contributed by atoms with E-state index in [0.717, 1.165) is 45.6 Å². The van der Waals surface area contributed by atoms with Crippen LogP contribution in [-0.4, -0.2) is 32.1 Å². The molecule has 3 heterocycles. The predicted octanol–water partition coefficient (Wildman–Crippen LogP) is 6.66. The zero-order chi connectivity index (χ0) is 26.0. The van der Waals surface area contributed by atoms with E-state index in [0.29, 0.717) is 17.9 Å². The monoisotopic (exact) mass is 506 g/mol. The van der Waals surface area contributed by atoms with Gasteiger partial charge in [0, 0.05) is 53.0 Å². The second-order valence-corrected chi connectivity index (χ2v) is 8.08. The van der Waals surface area contributed by atoms with Gasteiger partial charge in [0.25, 0.3) is 0 Å². The van der Waals surface area contributed by atoms with Crippen molar-refractivity contribution in [2.24, 2.45) is 0 Å². The highest BCUT2D eigenvalue weighted by Gasteiger charge is 2.31. The largest absolute Gasteiger partial charge is 0.573 e. The molecular formula is C26H21F3N6O2. The molecule has 0 radical (unpaired) electrons. The Labute approximate surface area is 209 Å². The topological polar surface area (TPSA) is 96.9 Å². The number of urea groups is 1. The van der Waals surface area contributed by atoms with Crippen LogP contribution in [0.4, 0.5) is 29.3 Å². The minimum Gasteiger partial charge on any atom is -0.406 e. The van der Waals surface area contributed by atoms with Crippen LogP contribution in [0.2, 0.25) is 0 Å². The summed E-state index contributed by atoms with van der Waals surface area (Å²) in [5.41, 5.74) is 5.06. The lowest BCUT2D eigenvalue weighted by Crippen LogP contribution is -2.19. The van der Waals surface area contributed by atoms with Gasteiger partial charge in [-0.05, 0) is 61.0 Å². The van der Waals surface area contributed by atoms with Crippen molar-refractivity contribution in [2.75, 3.05) is 10.6 Å². The third-order valence-corrected chi connectivity index (χ3v) is 5.58. The highest BCUT2D eigenvalue weighted by molar-refractivity contribution is 6.01. The van der Waals surface area contributed by atoms with E-state index in [2.05, 4.69) is 25.3 Å². The van der Waals surface area contributed by atoms with Crippen molar-refractivity contribution in [3.63, 3.8) is 0 Å².